The molecule has 0 aromatic heterocycles. The summed E-state index contributed by atoms with van der Waals surface area (Å²) in [6, 6.07) is 16.3. The quantitative estimate of drug-likeness (QED) is 0.836. The Hall–Kier alpha value is -2.53. The van der Waals surface area contributed by atoms with E-state index in [1.54, 1.807) is 0 Å². The van der Waals surface area contributed by atoms with Crippen LogP contribution in [0.25, 0.3) is 0 Å². The lowest BCUT2D eigenvalue weighted by molar-refractivity contribution is -0.898. The number of rotatable bonds is 5. The number of amides is 1. The number of likely N-dealkylation sites (tertiary alicyclic amines) is 1. The molecule has 0 radical (unpaired) electrons. The Labute approximate surface area is 166 Å². The number of ether oxygens (including phenoxy) is 2. The predicted octanol–water partition coefficient (Wildman–Crippen LogP) is 2.32. The summed E-state index contributed by atoms with van der Waals surface area (Å²) in [5.41, 5.74) is 2.19. The Morgan fingerprint density at radius 1 is 1.00 bits per heavy atom. The molecule has 1 amide bonds. The molecule has 4 rings (SSSR count). The van der Waals surface area contributed by atoms with Crippen molar-refractivity contribution in [1.82, 2.24) is 0 Å². The Morgan fingerprint density at radius 3 is 2.54 bits per heavy atom. The van der Waals surface area contributed by atoms with Crippen molar-refractivity contribution in [2.75, 3.05) is 38.2 Å². The number of carbonyl (C=O) groups is 1. The highest BCUT2D eigenvalue weighted by Gasteiger charge is 2.24. The van der Waals surface area contributed by atoms with Crippen LogP contribution >= 0.6 is 0 Å². The molecule has 0 unspecified atom stereocenters. The van der Waals surface area contributed by atoms with Crippen LogP contribution in [-0.4, -0.2) is 38.8 Å². The molecule has 5 nitrogen and oxygen atoms in total. The molecule has 0 spiro atoms. The third-order valence-electron chi connectivity index (χ3n) is 5.62. The Morgan fingerprint density at radius 2 is 1.75 bits per heavy atom. The fourth-order valence-electron chi connectivity index (χ4n) is 4.09. The molecule has 0 bridgehead atoms. The standard InChI is InChI=1S/C23H28N2O3/c26-23(24-20-7-8-21-22(16-20)28-14-4-13-27-21)17-25-11-9-19(10-12-25)15-18-5-2-1-3-6-18/h1-3,5-8,16,19H,4,9-15,17H2,(H,24,26)/p+1. The minimum atomic E-state index is 0.0611. The summed E-state index contributed by atoms with van der Waals surface area (Å²) in [5.74, 6) is 2.26. The predicted molar refractivity (Wildman–Crippen MR) is 109 cm³/mol. The minimum Gasteiger partial charge on any atom is -0.490 e. The molecule has 2 heterocycles. The van der Waals surface area contributed by atoms with Crippen molar-refractivity contribution in [3.05, 3.63) is 54.1 Å². The molecular weight excluding hydrogens is 352 g/mol. The first kappa shape index (κ1) is 18.8. The van der Waals surface area contributed by atoms with E-state index in [-0.39, 0.29) is 5.91 Å². The van der Waals surface area contributed by atoms with Gasteiger partial charge in [-0.1, -0.05) is 30.3 Å². The number of anilines is 1. The molecule has 0 atom stereocenters. The van der Waals surface area contributed by atoms with E-state index < -0.39 is 0 Å². The van der Waals surface area contributed by atoms with Crippen LogP contribution in [0.3, 0.4) is 0 Å². The normalized spacial score (nSPS) is 21.6. The van der Waals surface area contributed by atoms with E-state index in [0.717, 1.165) is 43.3 Å². The fourth-order valence-corrected chi connectivity index (χ4v) is 4.09. The summed E-state index contributed by atoms with van der Waals surface area (Å²) in [6.45, 7) is 3.96. The summed E-state index contributed by atoms with van der Waals surface area (Å²) in [7, 11) is 0. The van der Waals surface area contributed by atoms with E-state index >= 15 is 0 Å². The van der Waals surface area contributed by atoms with Gasteiger partial charge in [0.05, 0.1) is 26.3 Å². The van der Waals surface area contributed by atoms with Crippen LogP contribution in [0.4, 0.5) is 5.69 Å². The molecule has 148 valence electrons. The third-order valence-corrected chi connectivity index (χ3v) is 5.62. The van der Waals surface area contributed by atoms with Gasteiger partial charge in [-0.25, -0.2) is 0 Å². The molecule has 1 fully saturated rings. The van der Waals surface area contributed by atoms with Crippen molar-refractivity contribution >= 4 is 11.6 Å². The van der Waals surface area contributed by atoms with E-state index in [1.807, 2.05) is 18.2 Å². The number of nitrogens with one attached hydrogen (secondary N) is 2. The van der Waals surface area contributed by atoms with Crippen molar-refractivity contribution in [3.8, 4) is 11.5 Å². The van der Waals surface area contributed by atoms with Crippen LogP contribution < -0.4 is 19.7 Å². The van der Waals surface area contributed by atoms with Gasteiger partial charge in [-0.3, -0.25) is 4.79 Å². The second-order valence-corrected chi connectivity index (χ2v) is 7.82. The van der Waals surface area contributed by atoms with Crippen LogP contribution in [0.15, 0.2) is 48.5 Å². The van der Waals surface area contributed by atoms with Gasteiger partial charge in [-0.2, -0.15) is 0 Å². The molecule has 5 heteroatoms. The molecule has 2 aliphatic rings. The largest absolute Gasteiger partial charge is 0.490 e. The second kappa shape index (κ2) is 9.11. The first-order chi connectivity index (χ1) is 13.8. The summed E-state index contributed by atoms with van der Waals surface area (Å²) >= 11 is 0. The summed E-state index contributed by atoms with van der Waals surface area (Å²) in [4.78, 5) is 13.9. The van der Waals surface area contributed by atoms with E-state index in [4.69, 9.17) is 9.47 Å². The lowest BCUT2D eigenvalue weighted by Crippen LogP contribution is -3.14. The Kier molecular flexibility index (Phi) is 6.12. The van der Waals surface area contributed by atoms with Gasteiger partial charge in [-0.15, -0.1) is 0 Å². The van der Waals surface area contributed by atoms with Crippen molar-refractivity contribution < 1.29 is 19.2 Å². The van der Waals surface area contributed by atoms with Gasteiger partial charge in [0.25, 0.3) is 5.91 Å². The van der Waals surface area contributed by atoms with Crippen LogP contribution in [0.5, 0.6) is 11.5 Å². The number of hydrogen-bond acceptors (Lipinski definition) is 3. The highest BCUT2D eigenvalue weighted by molar-refractivity contribution is 5.91. The highest BCUT2D eigenvalue weighted by atomic mass is 16.5. The SMILES string of the molecule is O=C(C[NH+]1CCC(Cc2ccccc2)CC1)Nc1ccc2c(c1)OCCCO2. The first-order valence-corrected chi connectivity index (χ1v) is 10.3. The number of carbonyl (C=O) groups excluding carboxylic acids is 1. The number of benzene rings is 2. The summed E-state index contributed by atoms with van der Waals surface area (Å²) < 4.78 is 11.3. The average molecular weight is 381 g/mol. The highest BCUT2D eigenvalue weighted by Crippen LogP contribution is 2.32. The van der Waals surface area contributed by atoms with Crippen molar-refractivity contribution in [1.29, 1.82) is 0 Å². The van der Waals surface area contributed by atoms with Gasteiger partial charge in [-0.05, 0) is 42.9 Å². The number of piperidine rings is 1. The molecule has 0 aliphatic carbocycles. The molecule has 1 saturated heterocycles. The van der Waals surface area contributed by atoms with Crippen LogP contribution in [0, 0.1) is 5.92 Å². The first-order valence-electron chi connectivity index (χ1n) is 10.3. The average Bonchev–Trinajstić information content (AvgIpc) is 2.95. The van der Waals surface area contributed by atoms with Gasteiger partial charge in [0.2, 0.25) is 0 Å². The van der Waals surface area contributed by atoms with Gasteiger partial charge < -0.3 is 19.7 Å². The molecule has 2 aromatic rings. The Bertz CT molecular complexity index is 786. The molecule has 2 N–H and O–H groups in total. The molecule has 2 aliphatic heterocycles. The zero-order chi connectivity index (χ0) is 19.2. The number of hydrogen-bond donors (Lipinski definition) is 2. The zero-order valence-electron chi connectivity index (χ0n) is 16.3. The molecule has 28 heavy (non-hydrogen) atoms. The minimum absolute atomic E-state index is 0.0611. The second-order valence-electron chi connectivity index (χ2n) is 7.82. The van der Waals surface area contributed by atoms with Gasteiger partial charge >= 0.3 is 0 Å². The van der Waals surface area contributed by atoms with Crippen LogP contribution in [0.2, 0.25) is 0 Å². The summed E-state index contributed by atoms with van der Waals surface area (Å²) in [6.07, 6.45) is 4.39. The van der Waals surface area contributed by atoms with Crippen molar-refractivity contribution in [2.45, 2.75) is 25.7 Å². The third kappa shape index (κ3) is 5.04. The number of quaternary nitrogens is 1. The molecular formula is C23H29N2O3+. The fraction of sp³-hybridized carbons (Fsp3) is 0.435. The monoisotopic (exact) mass is 381 g/mol. The van der Waals surface area contributed by atoms with Gasteiger partial charge in [0, 0.05) is 18.2 Å². The van der Waals surface area contributed by atoms with E-state index in [2.05, 4.69) is 35.6 Å². The van der Waals surface area contributed by atoms with Gasteiger partial charge in [0.15, 0.2) is 18.0 Å². The van der Waals surface area contributed by atoms with Crippen LogP contribution in [0.1, 0.15) is 24.8 Å². The van der Waals surface area contributed by atoms with Gasteiger partial charge in [0.1, 0.15) is 0 Å². The molecule has 0 saturated carbocycles. The maximum atomic E-state index is 12.5. The topological polar surface area (TPSA) is 52.0 Å². The maximum Gasteiger partial charge on any atom is 0.279 e. The van der Waals surface area contributed by atoms with Crippen molar-refractivity contribution in [3.63, 3.8) is 0 Å². The maximum absolute atomic E-state index is 12.5. The lowest BCUT2D eigenvalue weighted by atomic mass is 9.90. The van der Waals surface area contributed by atoms with E-state index in [9.17, 15) is 4.79 Å². The lowest BCUT2D eigenvalue weighted by Gasteiger charge is -2.29. The Balaban J connectivity index is 1.24. The smallest absolute Gasteiger partial charge is 0.279 e. The summed E-state index contributed by atoms with van der Waals surface area (Å²) in [5, 5.41) is 3.02. The zero-order valence-corrected chi connectivity index (χ0v) is 16.3. The molecule has 2 aromatic carbocycles. The van der Waals surface area contributed by atoms with Crippen LogP contribution in [-0.2, 0) is 11.2 Å². The van der Waals surface area contributed by atoms with E-state index in [1.165, 1.54) is 23.3 Å². The number of fused-ring (bicyclic) bond motifs is 1. The van der Waals surface area contributed by atoms with Crippen molar-refractivity contribution in [2.24, 2.45) is 5.92 Å². The van der Waals surface area contributed by atoms with E-state index in [0.29, 0.717) is 25.5 Å².